The SMILES string of the molecule is Cl.O=S(=O)(c1ccc(Cl)cc1)N(Cc1ccccc1OCCCN1CCCCC1)CC1CCCC1. The van der Waals surface area contributed by atoms with E-state index in [9.17, 15) is 8.42 Å². The third-order valence-electron chi connectivity index (χ3n) is 7.03. The molecule has 0 N–H and O–H groups in total. The number of ether oxygens (including phenoxy) is 1. The molecule has 0 atom stereocenters. The molecular formula is C27H38Cl2N2O3S. The van der Waals surface area contributed by atoms with Gasteiger partial charge in [-0.25, -0.2) is 8.42 Å². The molecule has 5 nitrogen and oxygen atoms in total. The second-order valence-corrected chi connectivity index (χ2v) is 12.0. The molecule has 1 saturated carbocycles. The largest absolute Gasteiger partial charge is 0.493 e. The summed E-state index contributed by atoms with van der Waals surface area (Å²) in [6, 6.07) is 14.3. The third kappa shape index (κ3) is 8.09. The van der Waals surface area contributed by atoms with E-state index < -0.39 is 10.0 Å². The Balaban J connectivity index is 0.00000342. The molecule has 0 unspecified atom stereocenters. The van der Waals surface area contributed by atoms with Crippen LogP contribution >= 0.6 is 24.0 Å². The molecule has 2 aliphatic rings. The van der Waals surface area contributed by atoms with Gasteiger partial charge in [0.2, 0.25) is 10.0 Å². The first-order valence-corrected chi connectivity index (χ1v) is 14.5. The van der Waals surface area contributed by atoms with Crippen molar-refractivity contribution in [2.45, 2.75) is 62.8 Å². The highest BCUT2D eigenvalue weighted by atomic mass is 35.5. The zero-order valence-electron chi connectivity index (χ0n) is 20.4. The van der Waals surface area contributed by atoms with Gasteiger partial charge in [-0.3, -0.25) is 0 Å². The zero-order valence-corrected chi connectivity index (χ0v) is 22.8. The summed E-state index contributed by atoms with van der Waals surface area (Å²) >= 11 is 6.01. The molecule has 1 aliphatic carbocycles. The smallest absolute Gasteiger partial charge is 0.243 e. The van der Waals surface area contributed by atoms with Crippen molar-refractivity contribution in [1.29, 1.82) is 0 Å². The second-order valence-electron chi connectivity index (χ2n) is 9.61. The van der Waals surface area contributed by atoms with Crippen molar-refractivity contribution in [3.05, 3.63) is 59.1 Å². The highest BCUT2D eigenvalue weighted by Crippen LogP contribution is 2.30. The van der Waals surface area contributed by atoms with Gasteiger partial charge in [0, 0.05) is 30.2 Å². The van der Waals surface area contributed by atoms with E-state index in [1.54, 1.807) is 28.6 Å². The normalized spacial score (nSPS) is 17.4. The van der Waals surface area contributed by atoms with Crippen LogP contribution in [0.2, 0.25) is 5.02 Å². The van der Waals surface area contributed by atoms with Gasteiger partial charge in [-0.15, -0.1) is 12.4 Å². The molecule has 2 aromatic rings. The van der Waals surface area contributed by atoms with E-state index in [0.29, 0.717) is 30.6 Å². The van der Waals surface area contributed by atoms with Crippen molar-refractivity contribution >= 4 is 34.0 Å². The summed E-state index contributed by atoms with van der Waals surface area (Å²) in [5, 5.41) is 0.532. The van der Waals surface area contributed by atoms with E-state index in [0.717, 1.165) is 37.1 Å². The highest BCUT2D eigenvalue weighted by molar-refractivity contribution is 7.89. The Labute approximate surface area is 222 Å². The lowest BCUT2D eigenvalue weighted by molar-refractivity contribution is 0.204. The van der Waals surface area contributed by atoms with Gasteiger partial charge < -0.3 is 9.64 Å². The minimum Gasteiger partial charge on any atom is -0.493 e. The lowest BCUT2D eigenvalue weighted by Crippen LogP contribution is -2.34. The van der Waals surface area contributed by atoms with Gasteiger partial charge in [0.25, 0.3) is 0 Å². The summed E-state index contributed by atoms with van der Waals surface area (Å²) in [6.07, 6.45) is 9.43. The predicted molar refractivity (Wildman–Crippen MR) is 145 cm³/mol. The average Bonchev–Trinajstić information content (AvgIpc) is 3.36. The molecule has 2 fully saturated rings. The Morgan fingerprint density at radius 3 is 2.34 bits per heavy atom. The number of sulfonamides is 1. The Hall–Kier alpha value is -1.31. The Kier molecular flexibility index (Phi) is 11.2. The summed E-state index contributed by atoms with van der Waals surface area (Å²) in [5.74, 6) is 1.18. The topological polar surface area (TPSA) is 49.9 Å². The third-order valence-corrected chi connectivity index (χ3v) is 9.11. The standard InChI is InChI=1S/C27H37ClN2O3S.ClH/c28-25-13-15-26(16-14-25)34(31,32)30(21-23-9-2-3-10-23)22-24-11-4-5-12-27(24)33-20-8-19-29-17-6-1-7-18-29;/h4-5,11-16,23H,1-3,6-10,17-22H2;1H. The molecule has 2 aromatic carbocycles. The molecule has 0 aromatic heterocycles. The van der Waals surface area contributed by atoms with Gasteiger partial charge in [-0.05, 0) is 81.4 Å². The number of piperidine rings is 1. The van der Waals surface area contributed by atoms with Gasteiger partial charge in [0.1, 0.15) is 5.75 Å². The van der Waals surface area contributed by atoms with Crippen LogP contribution in [0.1, 0.15) is 56.9 Å². The summed E-state index contributed by atoms with van der Waals surface area (Å²) in [4.78, 5) is 2.80. The first kappa shape index (κ1) is 28.3. The summed E-state index contributed by atoms with van der Waals surface area (Å²) < 4.78 is 35.0. The predicted octanol–water partition coefficient (Wildman–Crippen LogP) is 6.40. The van der Waals surface area contributed by atoms with Crippen LogP contribution in [-0.4, -0.2) is 50.4 Å². The molecule has 4 rings (SSSR count). The van der Waals surface area contributed by atoms with E-state index in [-0.39, 0.29) is 17.3 Å². The molecule has 1 aliphatic heterocycles. The van der Waals surface area contributed by atoms with E-state index in [1.807, 2.05) is 24.3 Å². The molecule has 194 valence electrons. The highest BCUT2D eigenvalue weighted by Gasteiger charge is 2.29. The summed E-state index contributed by atoms with van der Waals surface area (Å²) in [5.41, 5.74) is 0.913. The lowest BCUT2D eigenvalue weighted by Gasteiger charge is -2.27. The Morgan fingerprint density at radius 1 is 0.943 bits per heavy atom. The van der Waals surface area contributed by atoms with Crippen LogP contribution in [0.4, 0.5) is 0 Å². The van der Waals surface area contributed by atoms with Crippen molar-refractivity contribution in [1.82, 2.24) is 9.21 Å². The van der Waals surface area contributed by atoms with E-state index in [4.69, 9.17) is 16.3 Å². The molecule has 1 saturated heterocycles. The first-order valence-electron chi connectivity index (χ1n) is 12.7. The molecule has 0 bridgehead atoms. The summed E-state index contributed by atoms with van der Waals surface area (Å²) in [6.45, 7) is 4.92. The average molecular weight is 542 g/mol. The van der Waals surface area contributed by atoms with Gasteiger partial charge in [-0.1, -0.05) is 49.1 Å². The molecule has 0 spiro atoms. The van der Waals surface area contributed by atoms with Crippen molar-refractivity contribution in [2.24, 2.45) is 5.92 Å². The number of likely N-dealkylation sites (tertiary alicyclic amines) is 1. The van der Waals surface area contributed by atoms with Gasteiger partial charge >= 0.3 is 0 Å². The van der Waals surface area contributed by atoms with Gasteiger partial charge in [0.05, 0.1) is 11.5 Å². The second kappa shape index (κ2) is 13.8. The molecular weight excluding hydrogens is 503 g/mol. The number of para-hydroxylation sites is 1. The molecule has 8 heteroatoms. The molecule has 0 amide bonds. The van der Waals surface area contributed by atoms with Crippen molar-refractivity contribution < 1.29 is 13.2 Å². The van der Waals surface area contributed by atoms with E-state index in [2.05, 4.69) is 4.90 Å². The molecule has 35 heavy (non-hydrogen) atoms. The van der Waals surface area contributed by atoms with E-state index in [1.165, 1.54) is 45.2 Å². The summed E-state index contributed by atoms with van der Waals surface area (Å²) in [7, 11) is -3.65. The van der Waals surface area contributed by atoms with Crippen LogP contribution in [0.5, 0.6) is 5.75 Å². The number of nitrogens with zero attached hydrogens (tertiary/aromatic N) is 2. The molecule has 1 heterocycles. The Bertz CT molecular complexity index is 1010. The van der Waals surface area contributed by atoms with Crippen molar-refractivity contribution in [3.8, 4) is 5.75 Å². The van der Waals surface area contributed by atoms with Crippen LogP contribution in [0.15, 0.2) is 53.4 Å². The number of hydrogen-bond donors (Lipinski definition) is 0. The quantitative estimate of drug-likeness (QED) is 0.309. The number of halogens is 2. The fourth-order valence-electron chi connectivity index (χ4n) is 5.10. The number of rotatable bonds is 11. The van der Waals surface area contributed by atoms with Gasteiger partial charge in [0.15, 0.2) is 0 Å². The fraction of sp³-hybridized carbons (Fsp3) is 0.556. The van der Waals surface area contributed by atoms with Crippen molar-refractivity contribution in [3.63, 3.8) is 0 Å². The lowest BCUT2D eigenvalue weighted by atomic mass is 10.1. The maximum Gasteiger partial charge on any atom is 0.243 e. The Morgan fingerprint density at radius 2 is 1.63 bits per heavy atom. The number of hydrogen-bond acceptors (Lipinski definition) is 4. The minimum absolute atomic E-state index is 0. The molecule has 0 radical (unpaired) electrons. The van der Waals surface area contributed by atoms with Crippen LogP contribution in [0.3, 0.4) is 0 Å². The first-order chi connectivity index (χ1) is 16.5. The monoisotopic (exact) mass is 540 g/mol. The maximum atomic E-state index is 13.6. The zero-order chi connectivity index (χ0) is 23.8. The van der Waals surface area contributed by atoms with Crippen LogP contribution < -0.4 is 4.74 Å². The fourth-order valence-corrected chi connectivity index (χ4v) is 6.72. The van der Waals surface area contributed by atoms with Crippen LogP contribution in [0, 0.1) is 5.92 Å². The van der Waals surface area contributed by atoms with E-state index >= 15 is 0 Å². The number of benzene rings is 2. The van der Waals surface area contributed by atoms with Crippen molar-refractivity contribution in [2.75, 3.05) is 32.8 Å². The van der Waals surface area contributed by atoms with Crippen LogP contribution in [-0.2, 0) is 16.6 Å². The van der Waals surface area contributed by atoms with Crippen LogP contribution in [0.25, 0.3) is 0 Å². The van der Waals surface area contributed by atoms with Gasteiger partial charge in [-0.2, -0.15) is 4.31 Å². The minimum atomic E-state index is -3.65. The maximum absolute atomic E-state index is 13.6.